The third-order valence-electron chi connectivity index (χ3n) is 2.85. The highest BCUT2D eigenvalue weighted by molar-refractivity contribution is 5.51. The molecule has 18 heavy (non-hydrogen) atoms. The molecule has 0 saturated carbocycles. The highest BCUT2D eigenvalue weighted by atomic mass is 15.3. The SMILES string of the molecule is CCn1cc(CN(C)c2cccc(C#N)c2)cn1. The minimum Gasteiger partial charge on any atom is -0.370 e. The smallest absolute Gasteiger partial charge is 0.0992 e. The predicted molar refractivity (Wildman–Crippen MR) is 71.2 cm³/mol. The molecule has 0 aliphatic rings. The molecule has 0 fully saturated rings. The molecule has 0 bridgehead atoms. The summed E-state index contributed by atoms with van der Waals surface area (Å²) in [6.45, 7) is 3.74. The van der Waals surface area contributed by atoms with Gasteiger partial charge < -0.3 is 4.90 Å². The van der Waals surface area contributed by atoms with E-state index in [-0.39, 0.29) is 0 Å². The average Bonchev–Trinajstić information content (AvgIpc) is 2.86. The monoisotopic (exact) mass is 240 g/mol. The number of aryl methyl sites for hydroxylation is 1. The maximum absolute atomic E-state index is 8.89. The second-order valence-corrected chi connectivity index (χ2v) is 4.22. The molecule has 4 nitrogen and oxygen atoms in total. The maximum atomic E-state index is 8.89. The number of hydrogen-bond acceptors (Lipinski definition) is 3. The highest BCUT2D eigenvalue weighted by Gasteiger charge is 2.04. The molecule has 1 aromatic carbocycles. The number of nitrogens with zero attached hydrogens (tertiary/aromatic N) is 4. The Hall–Kier alpha value is -2.28. The van der Waals surface area contributed by atoms with Crippen LogP contribution in [0.4, 0.5) is 5.69 Å². The van der Waals surface area contributed by atoms with Crippen molar-refractivity contribution >= 4 is 5.69 Å². The molecule has 2 aromatic rings. The van der Waals surface area contributed by atoms with Gasteiger partial charge in [0.05, 0.1) is 17.8 Å². The normalized spacial score (nSPS) is 10.1. The fourth-order valence-corrected chi connectivity index (χ4v) is 1.84. The van der Waals surface area contributed by atoms with Crippen LogP contribution < -0.4 is 4.90 Å². The van der Waals surface area contributed by atoms with Crippen molar-refractivity contribution in [1.29, 1.82) is 5.26 Å². The molecule has 1 heterocycles. The first-order valence-electron chi connectivity index (χ1n) is 5.95. The Labute approximate surface area is 107 Å². The van der Waals surface area contributed by atoms with E-state index in [4.69, 9.17) is 5.26 Å². The molecule has 0 aliphatic heterocycles. The Morgan fingerprint density at radius 1 is 1.44 bits per heavy atom. The predicted octanol–water partition coefficient (Wildman–Crippen LogP) is 2.41. The number of rotatable bonds is 4. The summed E-state index contributed by atoms with van der Waals surface area (Å²) in [5.74, 6) is 0. The summed E-state index contributed by atoms with van der Waals surface area (Å²) in [6.07, 6.45) is 3.93. The molecule has 0 amide bonds. The first-order valence-corrected chi connectivity index (χ1v) is 5.95. The molecular formula is C14H16N4. The minimum absolute atomic E-state index is 0.684. The Morgan fingerprint density at radius 2 is 2.28 bits per heavy atom. The number of nitriles is 1. The van der Waals surface area contributed by atoms with Gasteiger partial charge in [-0.3, -0.25) is 4.68 Å². The molecule has 0 aliphatic carbocycles. The highest BCUT2D eigenvalue weighted by Crippen LogP contribution is 2.16. The van der Waals surface area contributed by atoms with E-state index in [1.807, 2.05) is 48.4 Å². The topological polar surface area (TPSA) is 44.9 Å². The molecule has 0 unspecified atom stereocenters. The summed E-state index contributed by atoms with van der Waals surface area (Å²) in [6, 6.07) is 9.77. The van der Waals surface area contributed by atoms with Gasteiger partial charge in [0.15, 0.2) is 0 Å². The van der Waals surface area contributed by atoms with Crippen LogP contribution in [-0.2, 0) is 13.1 Å². The van der Waals surface area contributed by atoms with Crippen LogP contribution in [0.15, 0.2) is 36.7 Å². The Morgan fingerprint density at radius 3 is 2.94 bits per heavy atom. The molecule has 92 valence electrons. The van der Waals surface area contributed by atoms with Gasteiger partial charge in [-0.05, 0) is 25.1 Å². The van der Waals surface area contributed by atoms with Crippen molar-refractivity contribution in [1.82, 2.24) is 9.78 Å². The van der Waals surface area contributed by atoms with Gasteiger partial charge in [0, 0.05) is 37.6 Å². The molecule has 2 rings (SSSR count). The lowest BCUT2D eigenvalue weighted by Gasteiger charge is -2.18. The molecule has 0 atom stereocenters. The van der Waals surface area contributed by atoms with Crippen molar-refractivity contribution in [3.8, 4) is 6.07 Å². The standard InChI is InChI=1S/C14H16N4/c1-3-18-11-13(9-16-18)10-17(2)14-6-4-5-12(7-14)8-15/h4-7,9,11H,3,10H2,1-2H3. The third-order valence-corrected chi connectivity index (χ3v) is 2.85. The van der Waals surface area contributed by atoms with Crippen molar-refractivity contribution < 1.29 is 0 Å². The molecule has 0 N–H and O–H groups in total. The number of benzene rings is 1. The van der Waals surface area contributed by atoms with Gasteiger partial charge in [0.25, 0.3) is 0 Å². The molecule has 4 heteroatoms. The fourth-order valence-electron chi connectivity index (χ4n) is 1.84. The zero-order valence-corrected chi connectivity index (χ0v) is 10.7. The van der Waals surface area contributed by atoms with Crippen LogP contribution in [0.25, 0.3) is 0 Å². The van der Waals surface area contributed by atoms with Crippen molar-refractivity contribution in [2.75, 3.05) is 11.9 Å². The van der Waals surface area contributed by atoms with E-state index in [1.54, 1.807) is 0 Å². The van der Waals surface area contributed by atoms with Gasteiger partial charge in [-0.1, -0.05) is 6.07 Å². The Balaban J connectivity index is 2.11. The first-order chi connectivity index (χ1) is 8.72. The zero-order valence-electron chi connectivity index (χ0n) is 10.7. The average molecular weight is 240 g/mol. The Kier molecular flexibility index (Phi) is 3.63. The van der Waals surface area contributed by atoms with Crippen molar-refractivity contribution in [3.63, 3.8) is 0 Å². The summed E-state index contributed by atoms with van der Waals surface area (Å²) in [5.41, 5.74) is 2.89. The lowest BCUT2D eigenvalue weighted by molar-refractivity contribution is 0.659. The summed E-state index contributed by atoms with van der Waals surface area (Å²) < 4.78 is 1.91. The van der Waals surface area contributed by atoms with Gasteiger partial charge >= 0.3 is 0 Å². The summed E-state index contributed by atoms with van der Waals surface area (Å²) in [5, 5.41) is 13.1. The van der Waals surface area contributed by atoms with Crippen LogP contribution in [0.1, 0.15) is 18.1 Å². The Bertz CT molecular complexity index is 565. The summed E-state index contributed by atoms with van der Waals surface area (Å²) in [4.78, 5) is 2.11. The van der Waals surface area contributed by atoms with E-state index >= 15 is 0 Å². The maximum Gasteiger partial charge on any atom is 0.0992 e. The molecule has 1 aromatic heterocycles. The van der Waals surface area contributed by atoms with Crippen LogP contribution in [0.3, 0.4) is 0 Å². The summed E-state index contributed by atoms with van der Waals surface area (Å²) >= 11 is 0. The first kappa shape index (κ1) is 12.2. The van der Waals surface area contributed by atoms with Crippen molar-refractivity contribution in [2.24, 2.45) is 0 Å². The molecular weight excluding hydrogens is 224 g/mol. The zero-order chi connectivity index (χ0) is 13.0. The minimum atomic E-state index is 0.684. The van der Waals surface area contributed by atoms with E-state index in [0.717, 1.165) is 18.8 Å². The van der Waals surface area contributed by atoms with E-state index in [0.29, 0.717) is 5.56 Å². The molecule has 0 saturated heterocycles. The quantitative estimate of drug-likeness (QED) is 0.824. The van der Waals surface area contributed by atoms with Gasteiger partial charge in [-0.2, -0.15) is 10.4 Å². The van der Waals surface area contributed by atoms with Crippen molar-refractivity contribution in [3.05, 3.63) is 47.8 Å². The number of hydrogen-bond donors (Lipinski definition) is 0. The second-order valence-electron chi connectivity index (χ2n) is 4.22. The van der Waals surface area contributed by atoms with Gasteiger partial charge in [-0.25, -0.2) is 0 Å². The second kappa shape index (κ2) is 5.37. The lowest BCUT2D eigenvalue weighted by Crippen LogP contribution is -2.16. The van der Waals surface area contributed by atoms with Gasteiger partial charge in [0.2, 0.25) is 0 Å². The largest absolute Gasteiger partial charge is 0.370 e. The van der Waals surface area contributed by atoms with Crippen LogP contribution in [0.2, 0.25) is 0 Å². The molecule has 0 radical (unpaired) electrons. The van der Waals surface area contributed by atoms with Crippen LogP contribution in [-0.4, -0.2) is 16.8 Å². The third kappa shape index (κ3) is 2.69. The fraction of sp³-hybridized carbons (Fsp3) is 0.286. The van der Waals surface area contributed by atoms with Gasteiger partial charge in [0.1, 0.15) is 0 Å². The van der Waals surface area contributed by atoms with E-state index in [2.05, 4.69) is 23.0 Å². The van der Waals surface area contributed by atoms with Crippen LogP contribution in [0, 0.1) is 11.3 Å². The molecule has 0 spiro atoms. The van der Waals surface area contributed by atoms with Crippen LogP contribution in [0.5, 0.6) is 0 Å². The van der Waals surface area contributed by atoms with Gasteiger partial charge in [-0.15, -0.1) is 0 Å². The number of anilines is 1. The lowest BCUT2D eigenvalue weighted by atomic mass is 10.2. The van der Waals surface area contributed by atoms with E-state index < -0.39 is 0 Å². The van der Waals surface area contributed by atoms with Crippen LogP contribution >= 0.6 is 0 Å². The van der Waals surface area contributed by atoms with Crippen molar-refractivity contribution in [2.45, 2.75) is 20.0 Å². The van der Waals surface area contributed by atoms with E-state index in [9.17, 15) is 0 Å². The number of aromatic nitrogens is 2. The summed E-state index contributed by atoms with van der Waals surface area (Å²) in [7, 11) is 2.01. The van der Waals surface area contributed by atoms with E-state index in [1.165, 1.54) is 5.56 Å².